The fraction of sp³-hybridized carbons (Fsp3) is 0.235. The Bertz CT molecular complexity index is 733. The second kappa shape index (κ2) is 7.96. The molecule has 0 bridgehead atoms. The number of carbonyl (C=O) groups excluding carboxylic acids is 1. The molecule has 7 heteroatoms. The largest absolute Gasteiger partial charge is 0.495 e. The molecular formula is C17H19N3O4. The van der Waals surface area contributed by atoms with Crippen molar-refractivity contribution in [3.05, 3.63) is 64.2 Å². The van der Waals surface area contributed by atoms with Gasteiger partial charge in [-0.25, -0.2) is 4.79 Å². The Kier molecular flexibility index (Phi) is 5.73. The van der Waals surface area contributed by atoms with Crippen molar-refractivity contribution >= 4 is 17.4 Å². The number of rotatable bonds is 6. The number of nitrogens with one attached hydrogen (secondary N) is 1. The summed E-state index contributed by atoms with van der Waals surface area (Å²) in [5, 5.41) is 13.9. The first kappa shape index (κ1) is 17.3. The van der Waals surface area contributed by atoms with E-state index in [1.54, 1.807) is 42.5 Å². The first-order chi connectivity index (χ1) is 11.6. The normalized spacial score (nSPS) is 10.1. The monoisotopic (exact) mass is 329 g/mol. The zero-order valence-electron chi connectivity index (χ0n) is 13.6. The van der Waals surface area contributed by atoms with Crippen molar-refractivity contribution < 1.29 is 14.5 Å². The summed E-state index contributed by atoms with van der Waals surface area (Å²) in [5.74, 6) is 0.549. The summed E-state index contributed by atoms with van der Waals surface area (Å²) < 4.78 is 5.21. The van der Waals surface area contributed by atoms with Crippen LogP contribution in [0.2, 0.25) is 0 Å². The van der Waals surface area contributed by atoms with E-state index in [4.69, 9.17) is 4.74 Å². The molecule has 2 amide bonds. The zero-order valence-corrected chi connectivity index (χ0v) is 13.6. The van der Waals surface area contributed by atoms with Gasteiger partial charge in [0.15, 0.2) is 0 Å². The van der Waals surface area contributed by atoms with Gasteiger partial charge in [0.2, 0.25) is 0 Å². The molecule has 0 spiro atoms. The Balaban J connectivity index is 2.17. The van der Waals surface area contributed by atoms with E-state index in [0.717, 1.165) is 0 Å². The van der Waals surface area contributed by atoms with Gasteiger partial charge in [0.1, 0.15) is 5.75 Å². The van der Waals surface area contributed by atoms with Gasteiger partial charge in [-0.1, -0.05) is 30.3 Å². The maximum atomic E-state index is 12.5. The van der Waals surface area contributed by atoms with Crippen LogP contribution >= 0.6 is 0 Å². The van der Waals surface area contributed by atoms with Crippen LogP contribution in [0, 0.1) is 10.1 Å². The summed E-state index contributed by atoms with van der Waals surface area (Å²) >= 11 is 0. The van der Waals surface area contributed by atoms with Crippen molar-refractivity contribution in [1.82, 2.24) is 4.90 Å². The van der Waals surface area contributed by atoms with Crippen LogP contribution in [0.3, 0.4) is 0 Å². The smallest absolute Gasteiger partial charge is 0.322 e. The van der Waals surface area contributed by atoms with Crippen LogP contribution in [0.5, 0.6) is 5.75 Å². The van der Waals surface area contributed by atoms with E-state index < -0.39 is 4.92 Å². The number of para-hydroxylation sites is 3. The van der Waals surface area contributed by atoms with Crippen molar-refractivity contribution in [3.8, 4) is 5.75 Å². The highest BCUT2D eigenvalue weighted by atomic mass is 16.6. The molecule has 0 radical (unpaired) electrons. The lowest BCUT2D eigenvalue weighted by molar-refractivity contribution is -0.385. The van der Waals surface area contributed by atoms with Crippen LogP contribution in [-0.4, -0.2) is 29.5 Å². The summed E-state index contributed by atoms with van der Waals surface area (Å²) in [4.78, 5) is 24.6. The molecule has 2 aromatic rings. The molecule has 1 N–H and O–H groups in total. The van der Waals surface area contributed by atoms with Crippen molar-refractivity contribution in [2.45, 2.75) is 13.5 Å². The van der Waals surface area contributed by atoms with Gasteiger partial charge in [0.05, 0.1) is 24.3 Å². The number of ether oxygens (including phenoxy) is 1. The molecule has 7 nitrogen and oxygen atoms in total. The van der Waals surface area contributed by atoms with E-state index in [0.29, 0.717) is 23.5 Å². The molecule has 24 heavy (non-hydrogen) atoms. The summed E-state index contributed by atoms with van der Waals surface area (Å²) in [5.41, 5.74) is 1.03. The third kappa shape index (κ3) is 4.01. The average molecular weight is 329 g/mol. The summed E-state index contributed by atoms with van der Waals surface area (Å²) in [7, 11) is 1.52. The lowest BCUT2D eigenvalue weighted by Gasteiger charge is -2.22. The lowest BCUT2D eigenvalue weighted by Crippen LogP contribution is -2.34. The summed E-state index contributed by atoms with van der Waals surface area (Å²) in [6.45, 7) is 2.37. The molecule has 0 aliphatic rings. The Morgan fingerprint density at radius 2 is 1.88 bits per heavy atom. The molecule has 0 aromatic heterocycles. The number of methoxy groups -OCH3 is 1. The van der Waals surface area contributed by atoms with Crippen LogP contribution in [0.4, 0.5) is 16.2 Å². The molecule has 2 aromatic carbocycles. The van der Waals surface area contributed by atoms with Crippen molar-refractivity contribution in [2.24, 2.45) is 0 Å². The Labute approximate surface area is 140 Å². The predicted octanol–water partition coefficient (Wildman–Crippen LogP) is 3.66. The predicted molar refractivity (Wildman–Crippen MR) is 91.2 cm³/mol. The molecule has 0 heterocycles. The standard InChI is InChI=1S/C17H19N3O4/c1-3-19(12-13-8-4-6-10-15(13)20(22)23)17(21)18-14-9-5-7-11-16(14)24-2/h4-11H,3,12H2,1-2H3,(H,18,21). The maximum absolute atomic E-state index is 12.5. The van der Waals surface area contributed by atoms with Gasteiger partial charge in [-0.05, 0) is 19.1 Å². The number of nitro benzene ring substituents is 1. The van der Waals surface area contributed by atoms with E-state index in [1.165, 1.54) is 18.1 Å². The minimum Gasteiger partial charge on any atom is -0.495 e. The number of anilines is 1. The fourth-order valence-corrected chi connectivity index (χ4v) is 2.30. The van der Waals surface area contributed by atoms with Crippen molar-refractivity contribution in [3.63, 3.8) is 0 Å². The number of carbonyl (C=O) groups is 1. The second-order valence-corrected chi connectivity index (χ2v) is 5.03. The number of nitro groups is 1. The lowest BCUT2D eigenvalue weighted by atomic mass is 10.1. The van der Waals surface area contributed by atoms with Crippen molar-refractivity contribution in [1.29, 1.82) is 0 Å². The van der Waals surface area contributed by atoms with Gasteiger partial charge < -0.3 is 15.0 Å². The van der Waals surface area contributed by atoms with Crippen LogP contribution in [-0.2, 0) is 6.54 Å². The minimum atomic E-state index is -0.443. The molecule has 0 saturated heterocycles. The van der Waals surface area contributed by atoms with Gasteiger partial charge in [-0.3, -0.25) is 10.1 Å². The van der Waals surface area contributed by atoms with Crippen LogP contribution in [0.25, 0.3) is 0 Å². The van der Waals surface area contributed by atoms with E-state index in [-0.39, 0.29) is 18.3 Å². The van der Waals surface area contributed by atoms with Crippen LogP contribution < -0.4 is 10.1 Å². The molecule has 0 fully saturated rings. The van der Waals surface area contributed by atoms with Gasteiger partial charge in [-0.15, -0.1) is 0 Å². The van der Waals surface area contributed by atoms with E-state index in [1.807, 2.05) is 6.92 Å². The highest BCUT2D eigenvalue weighted by Crippen LogP contribution is 2.24. The Morgan fingerprint density at radius 1 is 1.21 bits per heavy atom. The molecule has 0 aliphatic carbocycles. The number of urea groups is 1. The first-order valence-corrected chi connectivity index (χ1v) is 7.48. The summed E-state index contributed by atoms with van der Waals surface area (Å²) in [6, 6.07) is 13.1. The van der Waals surface area contributed by atoms with Crippen molar-refractivity contribution in [2.75, 3.05) is 19.0 Å². The number of amides is 2. The molecule has 0 atom stereocenters. The van der Waals surface area contributed by atoms with Gasteiger partial charge in [-0.2, -0.15) is 0 Å². The molecule has 2 rings (SSSR count). The SMILES string of the molecule is CCN(Cc1ccccc1[N+](=O)[O-])C(=O)Nc1ccccc1OC. The third-order valence-corrected chi connectivity index (χ3v) is 3.57. The van der Waals surface area contributed by atoms with Crippen LogP contribution in [0.15, 0.2) is 48.5 Å². The van der Waals surface area contributed by atoms with Gasteiger partial charge in [0.25, 0.3) is 5.69 Å². The zero-order chi connectivity index (χ0) is 17.5. The highest BCUT2D eigenvalue weighted by molar-refractivity contribution is 5.91. The number of benzene rings is 2. The molecular weight excluding hydrogens is 310 g/mol. The topological polar surface area (TPSA) is 84.7 Å². The molecule has 0 saturated carbocycles. The fourth-order valence-electron chi connectivity index (χ4n) is 2.30. The van der Waals surface area contributed by atoms with E-state index in [9.17, 15) is 14.9 Å². The van der Waals surface area contributed by atoms with Gasteiger partial charge >= 0.3 is 6.03 Å². The van der Waals surface area contributed by atoms with E-state index >= 15 is 0 Å². The van der Waals surface area contributed by atoms with Gasteiger partial charge in [0, 0.05) is 18.2 Å². The molecule has 0 unspecified atom stereocenters. The number of hydrogen-bond acceptors (Lipinski definition) is 4. The summed E-state index contributed by atoms with van der Waals surface area (Å²) in [6.07, 6.45) is 0. The minimum absolute atomic E-state index is 0.000965. The molecule has 0 aliphatic heterocycles. The molecule has 126 valence electrons. The highest BCUT2D eigenvalue weighted by Gasteiger charge is 2.19. The first-order valence-electron chi connectivity index (χ1n) is 7.48. The van der Waals surface area contributed by atoms with Crippen LogP contribution in [0.1, 0.15) is 12.5 Å². The maximum Gasteiger partial charge on any atom is 0.322 e. The number of hydrogen-bond donors (Lipinski definition) is 1. The number of nitrogens with zero attached hydrogens (tertiary/aromatic N) is 2. The Hall–Kier alpha value is -3.09. The third-order valence-electron chi connectivity index (χ3n) is 3.57. The quantitative estimate of drug-likeness (QED) is 0.647. The van der Waals surface area contributed by atoms with E-state index in [2.05, 4.69) is 5.32 Å². The Morgan fingerprint density at radius 3 is 2.54 bits per heavy atom. The second-order valence-electron chi connectivity index (χ2n) is 5.03. The average Bonchev–Trinajstić information content (AvgIpc) is 2.60.